The second-order valence-corrected chi connectivity index (χ2v) is 5.39. The molecule has 12 heavy (non-hydrogen) atoms. The fourth-order valence-electron chi connectivity index (χ4n) is 1.91. The van der Waals surface area contributed by atoms with E-state index < -0.39 is 0 Å². The van der Waals surface area contributed by atoms with E-state index in [4.69, 9.17) is 0 Å². The van der Waals surface area contributed by atoms with Crippen molar-refractivity contribution in [1.82, 2.24) is 4.90 Å². The number of likely N-dealkylation sites (tertiary alicyclic amines) is 1. The van der Waals surface area contributed by atoms with E-state index in [0.717, 1.165) is 25.9 Å². The van der Waals surface area contributed by atoms with Gasteiger partial charge in [-0.3, -0.25) is 4.79 Å². The summed E-state index contributed by atoms with van der Waals surface area (Å²) in [4.78, 5) is 13.7. The molecular formula is C10H17NO. The molecule has 0 bridgehead atoms. The van der Waals surface area contributed by atoms with Crippen molar-refractivity contribution in [2.24, 2.45) is 10.8 Å². The summed E-state index contributed by atoms with van der Waals surface area (Å²) in [6.07, 6.45) is 2.20. The molecule has 2 rings (SSSR count). The number of carbonyl (C=O) groups excluding carboxylic acids is 1. The van der Waals surface area contributed by atoms with Crippen LogP contribution in [0.25, 0.3) is 0 Å². The standard InChI is InChI=1S/C10H17NO/c1-9(2)6-11(7-9)8(12)10(3)4-5-10/h4-7H2,1-3H3. The molecule has 1 heterocycles. The quantitative estimate of drug-likeness (QED) is 0.581. The van der Waals surface area contributed by atoms with Crippen molar-refractivity contribution in [3.05, 3.63) is 0 Å². The van der Waals surface area contributed by atoms with Gasteiger partial charge in [0, 0.05) is 18.5 Å². The zero-order chi connectivity index (χ0) is 8.98. The maximum absolute atomic E-state index is 11.7. The molecule has 0 aromatic carbocycles. The van der Waals surface area contributed by atoms with Crippen molar-refractivity contribution in [1.29, 1.82) is 0 Å². The van der Waals surface area contributed by atoms with E-state index in [1.807, 2.05) is 4.90 Å². The fourth-order valence-corrected chi connectivity index (χ4v) is 1.91. The lowest BCUT2D eigenvalue weighted by Gasteiger charge is -2.47. The van der Waals surface area contributed by atoms with Crippen LogP contribution >= 0.6 is 0 Å². The average Bonchev–Trinajstić information content (AvgIpc) is 2.62. The lowest BCUT2D eigenvalue weighted by Crippen LogP contribution is -2.57. The summed E-state index contributed by atoms with van der Waals surface area (Å²) in [5, 5.41) is 0. The molecule has 1 saturated heterocycles. The molecule has 0 spiro atoms. The third-order valence-corrected chi connectivity index (χ3v) is 3.04. The molecule has 68 valence electrons. The van der Waals surface area contributed by atoms with E-state index in [1.165, 1.54) is 0 Å². The Kier molecular flexibility index (Phi) is 1.37. The van der Waals surface area contributed by atoms with Gasteiger partial charge in [-0.05, 0) is 18.3 Å². The van der Waals surface area contributed by atoms with Crippen LogP contribution in [0.4, 0.5) is 0 Å². The lowest BCUT2D eigenvalue weighted by molar-refractivity contribution is -0.146. The van der Waals surface area contributed by atoms with Gasteiger partial charge < -0.3 is 4.90 Å². The van der Waals surface area contributed by atoms with Crippen molar-refractivity contribution < 1.29 is 4.79 Å². The predicted octanol–water partition coefficient (Wildman–Crippen LogP) is 1.65. The Labute approximate surface area is 73.9 Å². The van der Waals surface area contributed by atoms with E-state index in [-0.39, 0.29) is 5.41 Å². The minimum Gasteiger partial charge on any atom is -0.341 e. The SMILES string of the molecule is CC1(C)CN(C(=O)C2(C)CC2)C1. The number of nitrogens with zero attached hydrogens (tertiary/aromatic N) is 1. The maximum atomic E-state index is 11.7. The van der Waals surface area contributed by atoms with Crippen LogP contribution in [0.1, 0.15) is 33.6 Å². The van der Waals surface area contributed by atoms with Gasteiger partial charge in [0.1, 0.15) is 0 Å². The molecule has 0 radical (unpaired) electrons. The first kappa shape index (κ1) is 8.09. The Morgan fingerprint density at radius 2 is 1.67 bits per heavy atom. The van der Waals surface area contributed by atoms with Crippen LogP contribution in [-0.4, -0.2) is 23.9 Å². The van der Waals surface area contributed by atoms with Crippen LogP contribution in [0.5, 0.6) is 0 Å². The van der Waals surface area contributed by atoms with Gasteiger partial charge in [0.25, 0.3) is 0 Å². The van der Waals surface area contributed by atoms with E-state index in [1.54, 1.807) is 0 Å². The van der Waals surface area contributed by atoms with Crippen molar-refractivity contribution in [2.75, 3.05) is 13.1 Å². The van der Waals surface area contributed by atoms with E-state index in [9.17, 15) is 4.79 Å². The second kappa shape index (κ2) is 2.04. The monoisotopic (exact) mass is 167 g/mol. The highest BCUT2D eigenvalue weighted by molar-refractivity contribution is 5.85. The van der Waals surface area contributed by atoms with Crippen molar-refractivity contribution in [2.45, 2.75) is 33.6 Å². The van der Waals surface area contributed by atoms with E-state index >= 15 is 0 Å². The Bertz CT molecular complexity index is 220. The summed E-state index contributed by atoms with van der Waals surface area (Å²) in [5.74, 6) is 0.391. The van der Waals surface area contributed by atoms with Crippen LogP contribution < -0.4 is 0 Å². The Balaban J connectivity index is 1.92. The first-order valence-electron chi connectivity index (χ1n) is 4.72. The van der Waals surface area contributed by atoms with Crippen LogP contribution in [0, 0.1) is 10.8 Å². The molecule has 2 fully saturated rings. The Hall–Kier alpha value is -0.530. The summed E-state index contributed by atoms with van der Waals surface area (Å²) in [6, 6.07) is 0. The number of rotatable bonds is 1. The van der Waals surface area contributed by atoms with Crippen molar-refractivity contribution >= 4 is 5.91 Å². The van der Waals surface area contributed by atoms with Gasteiger partial charge in [0.2, 0.25) is 5.91 Å². The first-order valence-corrected chi connectivity index (χ1v) is 4.72. The topological polar surface area (TPSA) is 20.3 Å². The molecule has 0 aromatic heterocycles. The molecule has 1 amide bonds. The highest BCUT2D eigenvalue weighted by atomic mass is 16.2. The third kappa shape index (κ3) is 1.13. The minimum atomic E-state index is 0.0382. The summed E-state index contributed by atoms with van der Waals surface area (Å²) in [5.41, 5.74) is 0.414. The van der Waals surface area contributed by atoms with Gasteiger partial charge in [0.05, 0.1) is 0 Å². The van der Waals surface area contributed by atoms with Crippen LogP contribution in [-0.2, 0) is 4.79 Å². The fraction of sp³-hybridized carbons (Fsp3) is 0.900. The number of amides is 1. The maximum Gasteiger partial charge on any atom is 0.228 e. The van der Waals surface area contributed by atoms with Crippen molar-refractivity contribution in [3.8, 4) is 0 Å². The van der Waals surface area contributed by atoms with E-state index in [2.05, 4.69) is 20.8 Å². The molecule has 0 N–H and O–H groups in total. The molecule has 2 nitrogen and oxygen atoms in total. The smallest absolute Gasteiger partial charge is 0.228 e. The Morgan fingerprint density at radius 3 is 2.00 bits per heavy atom. The normalized spacial score (nSPS) is 29.4. The summed E-state index contributed by atoms with van der Waals surface area (Å²) in [7, 11) is 0. The number of hydrogen-bond acceptors (Lipinski definition) is 1. The highest BCUT2D eigenvalue weighted by Crippen LogP contribution is 2.48. The zero-order valence-corrected chi connectivity index (χ0v) is 8.18. The van der Waals surface area contributed by atoms with E-state index in [0.29, 0.717) is 11.3 Å². The predicted molar refractivity (Wildman–Crippen MR) is 47.7 cm³/mol. The summed E-state index contributed by atoms with van der Waals surface area (Å²) in [6.45, 7) is 8.43. The summed E-state index contributed by atoms with van der Waals surface area (Å²) < 4.78 is 0. The van der Waals surface area contributed by atoms with Gasteiger partial charge in [0.15, 0.2) is 0 Å². The van der Waals surface area contributed by atoms with Crippen LogP contribution in [0.2, 0.25) is 0 Å². The molecule has 1 saturated carbocycles. The average molecular weight is 167 g/mol. The lowest BCUT2D eigenvalue weighted by atomic mass is 9.83. The Morgan fingerprint density at radius 1 is 1.17 bits per heavy atom. The van der Waals surface area contributed by atoms with Gasteiger partial charge in [-0.15, -0.1) is 0 Å². The first-order chi connectivity index (χ1) is 5.43. The zero-order valence-electron chi connectivity index (χ0n) is 8.18. The molecule has 1 aliphatic heterocycles. The van der Waals surface area contributed by atoms with Crippen LogP contribution in [0.3, 0.4) is 0 Å². The molecule has 1 aliphatic carbocycles. The van der Waals surface area contributed by atoms with Gasteiger partial charge in [-0.2, -0.15) is 0 Å². The van der Waals surface area contributed by atoms with Crippen molar-refractivity contribution in [3.63, 3.8) is 0 Å². The molecular weight excluding hydrogens is 150 g/mol. The van der Waals surface area contributed by atoms with Crippen LogP contribution in [0.15, 0.2) is 0 Å². The second-order valence-electron chi connectivity index (χ2n) is 5.39. The molecule has 2 aliphatic rings. The number of hydrogen-bond donors (Lipinski definition) is 0. The molecule has 0 atom stereocenters. The summed E-state index contributed by atoms with van der Waals surface area (Å²) >= 11 is 0. The molecule has 0 unspecified atom stereocenters. The molecule has 0 aromatic rings. The number of carbonyl (C=O) groups is 1. The van der Waals surface area contributed by atoms with Gasteiger partial charge in [-0.25, -0.2) is 0 Å². The molecule has 2 heteroatoms. The highest BCUT2D eigenvalue weighted by Gasteiger charge is 2.50. The largest absolute Gasteiger partial charge is 0.341 e. The minimum absolute atomic E-state index is 0.0382. The van der Waals surface area contributed by atoms with Gasteiger partial charge in [-0.1, -0.05) is 20.8 Å². The third-order valence-electron chi connectivity index (χ3n) is 3.04. The van der Waals surface area contributed by atoms with Gasteiger partial charge >= 0.3 is 0 Å².